The molecule has 0 fully saturated rings. The quantitative estimate of drug-likeness (QED) is 0.197. The van der Waals surface area contributed by atoms with Gasteiger partial charge in [-0.25, -0.2) is 4.74 Å². The average molecular weight is 235 g/mol. The Labute approximate surface area is 101 Å². The number of carbonyl (C=O) groups excluding carboxylic acids is 1. The van der Waals surface area contributed by atoms with Crippen LogP contribution in [0.2, 0.25) is 0 Å². The fourth-order valence-electron chi connectivity index (χ4n) is 1.15. The lowest BCUT2D eigenvalue weighted by Gasteiger charge is -2.18. The Bertz CT molecular complexity index is 444. The van der Waals surface area contributed by atoms with Gasteiger partial charge >= 0.3 is 5.97 Å². The van der Waals surface area contributed by atoms with E-state index >= 15 is 0 Å². The van der Waals surface area contributed by atoms with Crippen molar-refractivity contribution in [3.63, 3.8) is 0 Å². The van der Waals surface area contributed by atoms with Crippen LogP contribution in [-0.2, 0) is 4.79 Å². The highest BCUT2D eigenvalue weighted by atomic mass is 16.5. The summed E-state index contributed by atoms with van der Waals surface area (Å²) in [5, 5.41) is 11.7. The minimum absolute atomic E-state index is 0.378. The van der Waals surface area contributed by atoms with Gasteiger partial charge in [-0.2, -0.15) is 0 Å². The molecular weight excluding hydrogens is 218 g/mol. The van der Waals surface area contributed by atoms with E-state index in [9.17, 15) is 10.0 Å². The maximum absolute atomic E-state index is 11.7. The SMILES string of the molecule is CC(=O)Oc1cccc(C=[N+]([O-])C(C)(C)C)c1. The molecule has 4 heteroatoms. The molecule has 17 heavy (non-hydrogen) atoms. The third-order valence-electron chi connectivity index (χ3n) is 2.05. The molecule has 0 saturated heterocycles. The molecule has 0 amide bonds. The number of esters is 1. The van der Waals surface area contributed by atoms with Gasteiger partial charge in [-0.15, -0.1) is 0 Å². The first-order valence-electron chi connectivity index (χ1n) is 5.39. The molecule has 92 valence electrons. The molecule has 0 aliphatic rings. The van der Waals surface area contributed by atoms with Gasteiger partial charge < -0.3 is 9.94 Å². The van der Waals surface area contributed by atoms with Crippen molar-refractivity contribution in [2.24, 2.45) is 0 Å². The van der Waals surface area contributed by atoms with Crippen molar-refractivity contribution < 1.29 is 14.3 Å². The predicted octanol–water partition coefficient (Wildman–Crippen LogP) is 2.34. The summed E-state index contributed by atoms with van der Waals surface area (Å²) in [6.07, 6.45) is 1.48. The largest absolute Gasteiger partial charge is 0.623 e. The highest BCUT2D eigenvalue weighted by Crippen LogP contribution is 2.13. The van der Waals surface area contributed by atoms with E-state index in [1.165, 1.54) is 13.1 Å². The Hall–Kier alpha value is -1.84. The lowest BCUT2D eigenvalue weighted by molar-refractivity contribution is -0.530. The summed E-state index contributed by atoms with van der Waals surface area (Å²) in [7, 11) is 0. The first-order chi connectivity index (χ1) is 7.79. The van der Waals surface area contributed by atoms with Gasteiger partial charge in [-0.1, -0.05) is 6.07 Å². The number of hydrogen-bond acceptors (Lipinski definition) is 3. The van der Waals surface area contributed by atoms with E-state index in [2.05, 4.69) is 0 Å². The van der Waals surface area contributed by atoms with Crippen LogP contribution in [0.15, 0.2) is 24.3 Å². The van der Waals surface area contributed by atoms with Crippen molar-refractivity contribution in [3.8, 4) is 5.75 Å². The van der Waals surface area contributed by atoms with Gasteiger partial charge in [-0.05, 0) is 18.2 Å². The second kappa shape index (κ2) is 4.99. The summed E-state index contributed by atoms with van der Waals surface area (Å²) in [6, 6.07) is 6.84. The van der Waals surface area contributed by atoms with Gasteiger partial charge in [-0.3, -0.25) is 4.79 Å². The zero-order valence-corrected chi connectivity index (χ0v) is 10.6. The maximum Gasteiger partial charge on any atom is 0.308 e. The van der Waals surface area contributed by atoms with Gasteiger partial charge in [0.05, 0.1) is 0 Å². The van der Waals surface area contributed by atoms with Gasteiger partial charge in [0.1, 0.15) is 5.75 Å². The fourth-order valence-corrected chi connectivity index (χ4v) is 1.15. The molecule has 0 aliphatic carbocycles. The number of hydrogen-bond donors (Lipinski definition) is 0. The molecule has 1 rings (SSSR count). The van der Waals surface area contributed by atoms with Gasteiger partial charge in [0.2, 0.25) is 0 Å². The van der Waals surface area contributed by atoms with E-state index in [1.807, 2.05) is 20.8 Å². The topological polar surface area (TPSA) is 52.4 Å². The molecule has 0 heterocycles. The molecule has 0 radical (unpaired) electrons. The standard InChI is InChI=1S/C13H17NO3/c1-10(15)17-12-7-5-6-11(8-12)9-14(16)13(2,3)4/h5-9H,1-4H3. The van der Waals surface area contributed by atoms with Crippen molar-refractivity contribution in [3.05, 3.63) is 35.0 Å². The van der Waals surface area contributed by atoms with Gasteiger partial charge in [0, 0.05) is 33.3 Å². The van der Waals surface area contributed by atoms with Crippen molar-refractivity contribution in [1.82, 2.24) is 0 Å². The first-order valence-corrected chi connectivity index (χ1v) is 5.39. The lowest BCUT2D eigenvalue weighted by atomic mass is 10.1. The smallest absolute Gasteiger partial charge is 0.308 e. The molecular formula is C13H17NO3. The number of nitrogens with zero attached hydrogens (tertiary/aromatic N) is 1. The van der Waals surface area contributed by atoms with E-state index in [0.29, 0.717) is 11.3 Å². The summed E-state index contributed by atoms with van der Waals surface area (Å²) in [4.78, 5) is 10.8. The van der Waals surface area contributed by atoms with Gasteiger partial charge in [0.25, 0.3) is 0 Å². The summed E-state index contributed by atoms with van der Waals surface area (Å²) >= 11 is 0. The monoisotopic (exact) mass is 235 g/mol. The van der Waals surface area contributed by atoms with Crippen LogP contribution in [0, 0.1) is 5.21 Å². The molecule has 0 bridgehead atoms. The summed E-state index contributed by atoms with van der Waals surface area (Å²) < 4.78 is 5.82. The minimum Gasteiger partial charge on any atom is -0.623 e. The highest BCUT2D eigenvalue weighted by Gasteiger charge is 2.18. The van der Waals surface area contributed by atoms with Crippen LogP contribution < -0.4 is 4.74 Å². The number of hydroxylamine groups is 1. The van der Waals surface area contributed by atoms with Crippen LogP contribution in [0.4, 0.5) is 0 Å². The van der Waals surface area contributed by atoms with E-state index in [4.69, 9.17) is 4.74 Å². The first kappa shape index (κ1) is 13.2. The third kappa shape index (κ3) is 4.26. The Kier molecular flexibility index (Phi) is 3.89. The Morgan fingerprint density at radius 2 is 2.06 bits per heavy atom. The second-order valence-corrected chi connectivity index (χ2v) is 4.79. The number of rotatable bonds is 2. The number of ether oxygens (including phenoxy) is 1. The zero-order valence-electron chi connectivity index (χ0n) is 10.6. The normalized spacial score (nSPS) is 12.4. The third-order valence-corrected chi connectivity index (χ3v) is 2.05. The van der Waals surface area contributed by atoms with E-state index < -0.39 is 5.54 Å². The number of benzene rings is 1. The van der Waals surface area contributed by atoms with Crippen molar-refractivity contribution in [1.29, 1.82) is 0 Å². The maximum atomic E-state index is 11.7. The van der Waals surface area contributed by atoms with Crippen LogP contribution in [0.3, 0.4) is 0 Å². The van der Waals surface area contributed by atoms with Crippen molar-refractivity contribution in [2.45, 2.75) is 33.2 Å². The molecule has 0 spiro atoms. The second-order valence-electron chi connectivity index (χ2n) is 4.79. The van der Waals surface area contributed by atoms with E-state index in [-0.39, 0.29) is 5.97 Å². The minimum atomic E-state index is -0.489. The lowest BCUT2D eigenvalue weighted by Crippen LogP contribution is -2.29. The van der Waals surface area contributed by atoms with Crippen LogP contribution in [0.25, 0.3) is 0 Å². The molecule has 1 aromatic rings. The molecule has 4 nitrogen and oxygen atoms in total. The molecule has 0 unspecified atom stereocenters. The Balaban J connectivity index is 2.97. The molecule has 0 atom stereocenters. The highest BCUT2D eigenvalue weighted by molar-refractivity contribution is 5.77. The fraction of sp³-hybridized carbons (Fsp3) is 0.385. The summed E-state index contributed by atoms with van der Waals surface area (Å²) in [6.45, 7) is 6.82. The molecule has 0 N–H and O–H groups in total. The Morgan fingerprint density at radius 3 is 2.59 bits per heavy atom. The van der Waals surface area contributed by atoms with Crippen LogP contribution in [-0.4, -0.2) is 22.5 Å². The van der Waals surface area contributed by atoms with Crippen LogP contribution >= 0.6 is 0 Å². The summed E-state index contributed by atoms with van der Waals surface area (Å²) in [5.41, 5.74) is 0.214. The summed E-state index contributed by atoms with van der Waals surface area (Å²) in [5.74, 6) is 0.0607. The van der Waals surface area contributed by atoms with Crippen molar-refractivity contribution >= 4 is 12.2 Å². The Morgan fingerprint density at radius 1 is 1.41 bits per heavy atom. The molecule has 0 aliphatic heterocycles. The van der Waals surface area contributed by atoms with Crippen LogP contribution in [0.5, 0.6) is 5.75 Å². The molecule has 0 saturated carbocycles. The number of carbonyl (C=O) groups is 1. The zero-order chi connectivity index (χ0) is 13.1. The predicted molar refractivity (Wildman–Crippen MR) is 66.3 cm³/mol. The molecule has 0 aromatic heterocycles. The van der Waals surface area contributed by atoms with Crippen molar-refractivity contribution in [2.75, 3.05) is 0 Å². The van der Waals surface area contributed by atoms with Gasteiger partial charge in [0.15, 0.2) is 11.8 Å². The average Bonchev–Trinajstić information content (AvgIpc) is 2.15. The molecule has 1 aromatic carbocycles. The van der Waals surface area contributed by atoms with E-state index in [1.54, 1.807) is 24.3 Å². The van der Waals surface area contributed by atoms with Crippen LogP contribution in [0.1, 0.15) is 33.3 Å². The van der Waals surface area contributed by atoms with E-state index in [0.717, 1.165) is 4.74 Å².